The van der Waals surface area contributed by atoms with E-state index in [0.29, 0.717) is 18.6 Å². The quantitative estimate of drug-likeness (QED) is 0.567. The predicted octanol–water partition coefficient (Wildman–Crippen LogP) is 1.89. The number of rotatable bonds is 0. The molecule has 0 radical (unpaired) electrons. The Labute approximate surface area is 78.0 Å². The Morgan fingerprint density at radius 3 is 3.00 bits per heavy atom. The molecular formula is C11H14O2. The van der Waals surface area contributed by atoms with Crippen molar-refractivity contribution in [3.05, 3.63) is 12.2 Å². The van der Waals surface area contributed by atoms with E-state index in [4.69, 9.17) is 0 Å². The van der Waals surface area contributed by atoms with Crippen molar-refractivity contribution in [2.24, 2.45) is 11.3 Å². The van der Waals surface area contributed by atoms with Crippen molar-refractivity contribution in [3.8, 4) is 0 Å². The molecule has 0 aromatic carbocycles. The molecule has 0 aliphatic heterocycles. The minimum absolute atomic E-state index is 0.178. The highest BCUT2D eigenvalue weighted by molar-refractivity contribution is 5.96. The lowest BCUT2D eigenvalue weighted by atomic mass is 9.63. The molecule has 0 heterocycles. The van der Waals surface area contributed by atoms with Crippen LogP contribution in [0.5, 0.6) is 0 Å². The van der Waals surface area contributed by atoms with Crippen LogP contribution in [0, 0.1) is 11.3 Å². The second-order valence-corrected chi connectivity index (χ2v) is 4.30. The molecule has 2 rings (SSSR count). The maximum Gasteiger partial charge on any atom is 0.155 e. The van der Waals surface area contributed by atoms with Crippen LogP contribution in [-0.4, -0.2) is 11.6 Å². The predicted molar refractivity (Wildman–Crippen MR) is 49.2 cm³/mol. The third-order valence-corrected chi connectivity index (χ3v) is 3.47. The molecule has 2 heteroatoms. The summed E-state index contributed by atoms with van der Waals surface area (Å²) in [5.41, 5.74) is -0.327. The van der Waals surface area contributed by atoms with Crippen molar-refractivity contribution < 1.29 is 9.59 Å². The topological polar surface area (TPSA) is 34.1 Å². The van der Waals surface area contributed by atoms with Crippen LogP contribution in [0.1, 0.15) is 32.6 Å². The summed E-state index contributed by atoms with van der Waals surface area (Å²) >= 11 is 0. The maximum absolute atomic E-state index is 11.7. The average Bonchev–Trinajstić information content (AvgIpc) is 2.09. The first-order valence-electron chi connectivity index (χ1n) is 4.88. The first-order valence-corrected chi connectivity index (χ1v) is 4.88. The van der Waals surface area contributed by atoms with E-state index in [2.05, 4.69) is 0 Å². The van der Waals surface area contributed by atoms with E-state index in [1.165, 1.54) is 0 Å². The lowest BCUT2D eigenvalue weighted by Gasteiger charge is -2.39. The van der Waals surface area contributed by atoms with Crippen LogP contribution >= 0.6 is 0 Å². The van der Waals surface area contributed by atoms with Gasteiger partial charge in [-0.3, -0.25) is 9.59 Å². The van der Waals surface area contributed by atoms with E-state index in [9.17, 15) is 9.59 Å². The number of hydrogen-bond acceptors (Lipinski definition) is 2. The monoisotopic (exact) mass is 178 g/mol. The Morgan fingerprint density at radius 1 is 1.46 bits per heavy atom. The van der Waals surface area contributed by atoms with Gasteiger partial charge in [0.05, 0.1) is 0 Å². The highest BCUT2D eigenvalue weighted by Crippen LogP contribution is 2.43. The van der Waals surface area contributed by atoms with Crippen molar-refractivity contribution in [1.82, 2.24) is 0 Å². The number of carbonyl (C=O) groups excluding carboxylic acids is 2. The summed E-state index contributed by atoms with van der Waals surface area (Å²) in [5.74, 6) is 0.760. The first-order chi connectivity index (χ1) is 6.13. The molecule has 0 aromatic heterocycles. The van der Waals surface area contributed by atoms with Crippen LogP contribution in [-0.2, 0) is 9.59 Å². The Morgan fingerprint density at radius 2 is 2.23 bits per heavy atom. The van der Waals surface area contributed by atoms with Crippen molar-refractivity contribution in [3.63, 3.8) is 0 Å². The van der Waals surface area contributed by atoms with Gasteiger partial charge in [-0.2, -0.15) is 0 Å². The molecule has 0 saturated heterocycles. The third kappa shape index (κ3) is 1.25. The molecule has 1 saturated carbocycles. The molecule has 0 bridgehead atoms. The summed E-state index contributed by atoms with van der Waals surface area (Å²) in [5, 5.41) is 0. The average molecular weight is 178 g/mol. The van der Waals surface area contributed by atoms with Crippen molar-refractivity contribution in [2.75, 3.05) is 0 Å². The fraction of sp³-hybridized carbons (Fsp3) is 0.636. The van der Waals surface area contributed by atoms with E-state index in [-0.39, 0.29) is 17.1 Å². The zero-order chi connectivity index (χ0) is 9.47. The number of carbonyl (C=O) groups is 2. The number of allylic oxidation sites excluding steroid dienone is 2. The highest BCUT2D eigenvalue weighted by atomic mass is 16.1. The van der Waals surface area contributed by atoms with Gasteiger partial charge in [-0.05, 0) is 31.8 Å². The molecule has 0 aromatic rings. The molecule has 70 valence electrons. The minimum Gasteiger partial charge on any atom is -0.299 e. The molecule has 0 unspecified atom stereocenters. The Kier molecular flexibility index (Phi) is 1.86. The molecule has 1 fully saturated rings. The molecule has 0 N–H and O–H groups in total. The van der Waals surface area contributed by atoms with E-state index < -0.39 is 0 Å². The Hall–Kier alpha value is -0.920. The van der Waals surface area contributed by atoms with Gasteiger partial charge in [-0.25, -0.2) is 0 Å². The van der Waals surface area contributed by atoms with E-state index >= 15 is 0 Å². The van der Waals surface area contributed by atoms with Gasteiger partial charge in [-0.15, -0.1) is 0 Å². The Balaban J connectivity index is 2.35. The fourth-order valence-electron chi connectivity index (χ4n) is 2.43. The molecule has 0 amide bonds. The van der Waals surface area contributed by atoms with Gasteiger partial charge in [0.2, 0.25) is 0 Å². The number of fused-ring (bicyclic) bond motifs is 1. The summed E-state index contributed by atoms with van der Waals surface area (Å²) < 4.78 is 0. The SMILES string of the molecule is C[C@@]12C=CC(=O)C[C@@H]1CCCC2=O. The maximum atomic E-state index is 11.7. The lowest BCUT2D eigenvalue weighted by Crippen LogP contribution is -2.40. The van der Waals surface area contributed by atoms with Gasteiger partial charge in [0, 0.05) is 18.3 Å². The highest BCUT2D eigenvalue weighted by Gasteiger charge is 2.43. The van der Waals surface area contributed by atoms with Crippen LogP contribution < -0.4 is 0 Å². The number of Topliss-reactive ketones (excluding diaryl/α,β-unsaturated/α-hetero) is 1. The van der Waals surface area contributed by atoms with E-state index in [0.717, 1.165) is 12.8 Å². The largest absolute Gasteiger partial charge is 0.299 e. The minimum atomic E-state index is -0.327. The Bertz CT molecular complexity index is 290. The smallest absolute Gasteiger partial charge is 0.155 e. The summed E-state index contributed by atoms with van der Waals surface area (Å²) in [6, 6.07) is 0. The molecule has 2 aliphatic carbocycles. The van der Waals surface area contributed by atoms with Gasteiger partial charge in [0.25, 0.3) is 0 Å². The number of hydrogen-bond donors (Lipinski definition) is 0. The van der Waals surface area contributed by atoms with Crippen molar-refractivity contribution in [1.29, 1.82) is 0 Å². The molecule has 2 nitrogen and oxygen atoms in total. The van der Waals surface area contributed by atoms with E-state index in [1.54, 1.807) is 6.08 Å². The van der Waals surface area contributed by atoms with Gasteiger partial charge in [0.15, 0.2) is 5.78 Å². The van der Waals surface area contributed by atoms with E-state index in [1.807, 2.05) is 13.0 Å². The molecule has 2 aliphatic rings. The van der Waals surface area contributed by atoms with Crippen LogP contribution in [0.25, 0.3) is 0 Å². The second-order valence-electron chi connectivity index (χ2n) is 4.30. The second kappa shape index (κ2) is 2.79. The third-order valence-electron chi connectivity index (χ3n) is 3.47. The van der Waals surface area contributed by atoms with Crippen LogP contribution in [0.4, 0.5) is 0 Å². The lowest BCUT2D eigenvalue weighted by molar-refractivity contribution is -0.132. The molecular weight excluding hydrogens is 164 g/mol. The van der Waals surface area contributed by atoms with Gasteiger partial charge in [-0.1, -0.05) is 6.08 Å². The molecule has 2 atom stereocenters. The first kappa shape index (κ1) is 8.67. The zero-order valence-corrected chi connectivity index (χ0v) is 7.88. The summed E-state index contributed by atoms with van der Waals surface area (Å²) in [6.07, 6.45) is 6.65. The zero-order valence-electron chi connectivity index (χ0n) is 7.88. The fourth-order valence-corrected chi connectivity index (χ4v) is 2.43. The number of ketones is 2. The van der Waals surface area contributed by atoms with Crippen LogP contribution in [0.2, 0.25) is 0 Å². The molecule has 0 spiro atoms. The summed E-state index contributed by atoms with van der Waals surface area (Å²) in [4.78, 5) is 22.9. The van der Waals surface area contributed by atoms with Gasteiger partial charge in [0.1, 0.15) is 5.78 Å². The van der Waals surface area contributed by atoms with Gasteiger partial charge >= 0.3 is 0 Å². The van der Waals surface area contributed by atoms with Crippen molar-refractivity contribution >= 4 is 11.6 Å². The van der Waals surface area contributed by atoms with Crippen LogP contribution in [0.15, 0.2) is 12.2 Å². The standard InChI is InChI=1S/C11H14O2/c1-11-6-5-9(12)7-8(11)3-2-4-10(11)13/h5-6,8H,2-4,7H2,1H3/t8-,11+/m0/s1. The summed E-state index contributed by atoms with van der Waals surface area (Å²) in [7, 11) is 0. The normalized spacial score (nSPS) is 39.0. The molecule has 13 heavy (non-hydrogen) atoms. The van der Waals surface area contributed by atoms with Crippen molar-refractivity contribution in [2.45, 2.75) is 32.6 Å². The van der Waals surface area contributed by atoms with Crippen LogP contribution in [0.3, 0.4) is 0 Å². The van der Waals surface area contributed by atoms with Gasteiger partial charge < -0.3 is 0 Å². The summed E-state index contributed by atoms with van der Waals surface area (Å²) in [6.45, 7) is 1.97.